The second-order valence-electron chi connectivity index (χ2n) is 6.49. The van der Waals surface area contributed by atoms with E-state index >= 15 is 0 Å². The molecule has 130 valence electrons. The standard InChI is InChI=1S/C20H22FN3S/c21-17-6-3-7-18-20(17)16(15-25-18)5-4-10-23-11-13-24(14-12-23)19-8-1-2-9-22-19/h1-3,6-9,15H,4-5,10-14H2. The van der Waals surface area contributed by atoms with E-state index in [0.29, 0.717) is 0 Å². The smallest absolute Gasteiger partial charge is 0.132 e. The first-order chi connectivity index (χ1) is 12.3. The molecular weight excluding hydrogens is 333 g/mol. The van der Waals surface area contributed by atoms with Crippen molar-refractivity contribution in [3.8, 4) is 0 Å². The molecule has 25 heavy (non-hydrogen) atoms. The minimum atomic E-state index is -0.0854. The summed E-state index contributed by atoms with van der Waals surface area (Å²) in [6.45, 7) is 5.24. The van der Waals surface area contributed by atoms with Gasteiger partial charge in [0.15, 0.2) is 0 Å². The number of thiophene rings is 1. The molecule has 1 aliphatic heterocycles. The summed E-state index contributed by atoms with van der Waals surface area (Å²) in [7, 11) is 0. The molecule has 0 spiro atoms. The molecule has 0 amide bonds. The van der Waals surface area contributed by atoms with Crippen LogP contribution < -0.4 is 4.90 Å². The van der Waals surface area contributed by atoms with E-state index in [-0.39, 0.29) is 5.82 Å². The van der Waals surface area contributed by atoms with Gasteiger partial charge in [0, 0.05) is 42.5 Å². The Kier molecular flexibility index (Phi) is 4.95. The summed E-state index contributed by atoms with van der Waals surface area (Å²) in [6.07, 6.45) is 3.87. The summed E-state index contributed by atoms with van der Waals surface area (Å²) in [5.41, 5.74) is 1.16. The number of fused-ring (bicyclic) bond motifs is 1. The molecule has 0 bridgehead atoms. The topological polar surface area (TPSA) is 19.4 Å². The molecule has 0 unspecified atom stereocenters. The van der Waals surface area contributed by atoms with Gasteiger partial charge < -0.3 is 4.90 Å². The van der Waals surface area contributed by atoms with Crippen molar-refractivity contribution < 1.29 is 4.39 Å². The van der Waals surface area contributed by atoms with Gasteiger partial charge in [-0.1, -0.05) is 12.1 Å². The lowest BCUT2D eigenvalue weighted by molar-refractivity contribution is 0.254. The Morgan fingerprint density at radius 3 is 2.72 bits per heavy atom. The van der Waals surface area contributed by atoms with E-state index in [1.54, 1.807) is 23.5 Å². The highest BCUT2D eigenvalue weighted by atomic mass is 32.1. The Balaban J connectivity index is 1.28. The highest BCUT2D eigenvalue weighted by Crippen LogP contribution is 2.29. The zero-order valence-electron chi connectivity index (χ0n) is 14.2. The molecule has 1 aliphatic rings. The quantitative estimate of drug-likeness (QED) is 0.684. The van der Waals surface area contributed by atoms with E-state index in [1.807, 2.05) is 24.4 Å². The molecule has 2 aromatic heterocycles. The number of piperazine rings is 1. The monoisotopic (exact) mass is 355 g/mol. The van der Waals surface area contributed by atoms with Crippen LogP contribution in [-0.2, 0) is 6.42 Å². The first-order valence-corrected chi connectivity index (χ1v) is 9.72. The summed E-state index contributed by atoms with van der Waals surface area (Å²) in [5, 5.41) is 2.94. The van der Waals surface area contributed by atoms with E-state index in [9.17, 15) is 4.39 Å². The van der Waals surface area contributed by atoms with Gasteiger partial charge in [-0.15, -0.1) is 11.3 Å². The van der Waals surface area contributed by atoms with Crippen molar-refractivity contribution in [2.45, 2.75) is 12.8 Å². The number of aromatic nitrogens is 1. The van der Waals surface area contributed by atoms with Gasteiger partial charge in [-0.3, -0.25) is 4.90 Å². The van der Waals surface area contributed by atoms with Gasteiger partial charge in [-0.05, 0) is 54.6 Å². The first-order valence-electron chi connectivity index (χ1n) is 8.84. The Bertz CT molecular complexity index is 825. The van der Waals surface area contributed by atoms with Crippen LogP contribution in [0.4, 0.5) is 10.2 Å². The van der Waals surface area contributed by atoms with Crippen molar-refractivity contribution in [3.63, 3.8) is 0 Å². The third kappa shape index (κ3) is 3.67. The second kappa shape index (κ2) is 7.50. The number of anilines is 1. The Labute approximate surface area is 151 Å². The molecule has 4 rings (SSSR count). The predicted molar refractivity (Wildman–Crippen MR) is 103 cm³/mol. The lowest BCUT2D eigenvalue weighted by atomic mass is 10.1. The van der Waals surface area contributed by atoms with Crippen LogP contribution in [0.5, 0.6) is 0 Å². The van der Waals surface area contributed by atoms with Crippen LogP contribution in [0.15, 0.2) is 48.0 Å². The summed E-state index contributed by atoms with van der Waals surface area (Å²) < 4.78 is 15.1. The molecular formula is C20H22FN3S. The normalized spacial score (nSPS) is 15.8. The maximum Gasteiger partial charge on any atom is 0.132 e. The van der Waals surface area contributed by atoms with Crippen molar-refractivity contribution in [1.29, 1.82) is 0 Å². The van der Waals surface area contributed by atoms with E-state index in [1.165, 1.54) is 0 Å². The van der Waals surface area contributed by atoms with Gasteiger partial charge in [-0.2, -0.15) is 0 Å². The van der Waals surface area contributed by atoms with E-state index < -0.39 is 0 Å². The molecule has 1 aromatic carbocycles. The summed E-state index contributed by atoms with van der Waals surface area (Å²) in [5.74, 6) is 0.986. The van der Waals surface area contributed by atoms with Gasteiger partial charge in [0.1, 0.15) is 11.6 Å². The van der Waals surface area contributed by atoms with Crippen molar-refractivity contribution in [3.05, 3.63) is 59.4 Å². The van der Waals surface area contributed by atoms with Crippen LogP contribution in [0, 0.1) is 5.82 Å². The molecule has 3 aromatic rings. The highest BCUT2D eigenvalue weighted by molar-refractivity contribution is 7.17. The molecule has 0 N–H and O–H groups in total. The summed E-state index contributed by atoms with van der Waals surface area (Å²) in [4.78, 5) is 9.28. The van der Waals surface area contributed by atoms with Crippen LogP contribution in [0.1, 0.15) is 12.0 Å². The maximum absolute atomic E-state index is 14.1. The number of hydrogen-bond acceptors (Lipinski definition) is 4. The fourth-order valence-electron chi connectivity index (χ4n) is 3.53. The average molecular weight is 355 g/mol. The van der Waals surface area contributed by atoms with Crippen molar-refractivity contribution in [1.82, 2.24) is 9.88 Å². The van der Waals surface area contributed by atoms with Crippen molar-refractivity contribution in [2.75, 3.05) is 37.6 Å². The predicted octanol–water partition coefficient (Wildman–Crippen LogP) is 4.19. The molecule has 1 saturated heterocycles. The number of benzene rings is 1. The average Bonchev–Trinajstić information content (AvgIpc) is 3.08. The third-order valence-electron chi connectivity index (χ3n) is 4.89. The molecule has 0 saturated carbocycles. The zero-order chi connectivity index (χ0) is 17.1. The van der Waals surface area contributed by atoms with Gasteiger partial charge in [-0.25, -0.2) is 9.37 Å². The van der Waals surface area contributed by atoms with Crippen LogP contribution in [-0.4, -0.2) is 42.6 Å². The number of halogens is 1. The van der Waals surface area contributed by atoms with Crippen molar-refractivity contribution in [2.24, 2.45) is 0 Å². The van der Waals surface area contributed by atoms with Crippen molar-refractivity contribution >= 4 is 27.2 Å². The SMILES string of the molecule is Fc1cccc2scc(CCCN3CCN(c4ccccn4)CC3)c12. The Morgan fingerprint density at radius 1 is 1.04 bits per heavy atom. The summed E-state index contributed by atoms with van der Waals surface area (Å²) in [6, 6.07) is 11.4. The molecule has 5 heteroatoms. The lowest BCUT2D eigenvalue weighted by Crippen LogP contribution is -2.46. The lowest BCUT2D eigenvalue weighted by Gasteiger charge is -2.35. The molecule has 0 aliphatic carbocycles. The summed E-state index contributed by atoms with van der Waals surface area (Å²) >= 11 is 1.64. The number of pyridine rings is 1. The maximum atomic E-state index is 14.1. The van der Waals surface area contributed by atoms with Crippen LogP contribution in [0.2, 0.25) is 0 Å². The van der Waals surface area contributed by atoms with E-state index in [2.05, 4.69) is 26.2 Å². The largest absolute Gasteiger partial charge is 0.354 e. The minimum Gasteiger partial charge on any atom is -0.354 e. The molecule has 3 heterocycles. The third-order valence-corrected chi connectivity index (χ3v) is 5.89. The minimum absolute atomic E-state index is 0.0854. The number of nitrogens with zero attached hydrogens (tertiary/aromatic N) is 3. The van der Waals surface area contributed by atoms with Gasteiger partial charge in [0.2, 0.25) is 0 Å². The van der Waals surface area contributed by atoms with E-state index in [4.69, 9.17) is 0 Å². The highest BCUT2D eigenvalue weighted by Gasteiger charge is 2.17. The van der Waals surface area contributed by atoms with Gasteiger partial charge in [0.25, 0.3) is 0 Å². The number of hydrogen-bond donors (Lipinski definition) is 0. The van der Waals surface area contributed by atoms with Gasteiger partial charge in [0.05, 0.1) is 0 Å². The van der Waals surface area contributed by atoms with E-state index in [0.717, 1.165) is 67.0 Å². The van der Waals surface area contributed by atoms with Crippen LogP contribution in [0.25, 0.3) is 10.1 Å². The molecule has 0 atom stereocenters. The fraction of sp³-hybridized carbons (Fsp3) is 0.350. The van der Waals surface area contributed by atoms with Crippen LogP contribution in [0.3, 0.4) is 0 Å². The molecule has 3 nitrogen and oxygen atoms in total. The molecule has 1 fully saturated rings. The Hall–Kier alpha value is -1.98. The Morgan fingerprint density at radius 2 is 1.92 bits per heavy atom. The number of rotatable bonds is 5. The van der Waals surface area contributed by atoms with Gasteiger partial charge >= 0.3 is 0 Å². The molecule has 0 radical (unpaired) electrons. The van der Waals surface area contributed by atoms with Crippen LogP contribution >= 0.6 is 11.3 Å². The first kappa shape index (κ1) is 16.5. The fourth-order valence-corrected chi connectivity index (χ4v) is 4.53. The zero-order valence-corrected chi connectivity index (χ0v) is 15.0. The number of aryl methyl sites for hydroxylation is 1. The second-order valence-corrected chi connectivity index (χ2v) is 7.41.